The molecule has 0 fully saturated rings. The maximum atomic E-state index is 12.8. The fourth-order valence-electron chi connectivity index (χ4n) is 1.74. The standard InChI is InChI=1S/C13H14FN5O2/c1-15-13-17-8-11(19(20)21)12(18-13)16-7-6-9-2-4-10(14)5-3-9/h2-5,8H,6-7H2,1H3,(H2,15,16,17,18). The third-order valence-electron chi connectivity index (χ3n) is 2.81. The van der Waals surface area contributed by atoms with E-state index in [0.29, 0.717) is 18.9 Å². The number of nitrogens with zero attached hydrogens (tertiary/aromatic N) is 3. The molecule has 110 valence electrons. The maximum Gasteiger partial charge on any atom is 0.329 e. The highest BCUT2D eigenvalue weighted by atomic mass is 19.1. The van der Waals surface area contributed by atoms with Gasteiger partial charge in [0.2, 0.25) is 11.8 Å². The fraction of sp³-hybridized carbons (Fsp3) is 0.231. The molecule has 1 aromatic heterocycles. The van der Waals surface area contributed by atoms with Crippen LogP contribution < -0.4 is 10.6 Å². The van der Waals surface area contributed by atoms with Crippen LogP contribution >= 0.6 is 0 Å². The lowest BCUT2D eigenvalue weighted by Crippen LogP contribution is -2.10. The summed E-state index contributed by atoms with van der Waals surface area (Å²) in [6.07, 6.45) is 1.75. The van der Waals surface area contributed by atoms with Crippen LogP contribution in [0.3, 0.4) is 0 Å². The predicted octanol–water partition coefficient (Wildman–Crippen LogP) is 2.22. The molecule has 21 heavy (non-hydrogen) atoms. The molecule has 0 radical (unpaired) electrons. The molecule has 8 heteroatoms. The van der Waals surface area contributed by atoms with E-state index in [1.54, 1.807) is 19.2 Å². The molecule has 7 nitrogen and oxygen atoms in total. The molecule has 0 aliphatic heterocycles. The van der Waals surface area contributed by atoms with Crippen molar-refractivity contribution in [2.45, 2.75) is 6.42 Å². The zero-order valence-electron chi connectivity index (χ0n) is 11.3. The van der Waals surface area contributed by atoms with E-state index in [-0.39, 0.29) is 17.3 Å². The molecule has 1 heterocycles. The van der Waals surface area contributed by atoms with Crippen molar-refractivity contribution in [3.63, 3.8) is 0 Å². The molecule has 2 aromatic rings. The van der Waals surface area contributed by atoms with Crippen molar-refractivity contribution in [2.75, 3.05) is 24.2 Å². The van der Waals surface area contributed by atoms with Crippen molar-refractivity contribution in [3.05, 3.63) is 52.0 Å². The first-order valence-corrected chi connectivity index (χ1v) is 6.27. The van der Waals surface area contributed by atoms with Gasteiger partial charge in [-0.3, -0.25) is 10.1 Å². The van der Waals surface area contributed by atoms with Crippen molar-refractivity contribution < 1.29 is 9.31 Å². The summed E-state index contributed by atoms with van der Waals surface area (Å²) in [5.74, 6) is 0.156. The predicted molar refractivity (Wildman–Crippen MR) is 76.8 cm³/mol. The Bertz CT molecular complexity index is 633. The second-order valence-electron chi connectivity index (χ2n) is 4.24. The molecule has 0 amide bonds. The lowest BCUT2D eigenvalue weighted by atomic mass is 10.1. The van der Waals surface area contributed by atoms with Crippen molar-refractivity contribution >= 4 is 17.5 Å². The Balaban J connectivity index is 2.04. The Labute approximate surface area is 120 Å². The van der Waals surface area contributed by atoms with Gasteiger partial charge in [0.15, 0.2) is 0 Å². The number of halogens is 1. The van der Waals surface area contributed by atoms with Crippen LogP contribution in [-0.2, 0) is 6.42 Å². The first-order chi connectivity index (χ1) is 10.1. The van der Waals surface area contributed by atoms with Crippen LogP contribution in [0.15, 0.2) is 30.5 Å². The Kier molecular flexibility index (Phi) is 4.60. The van der Waals surface area contributed by atoms with Crippen LogP contribution in [0.1, 0.15) is 5.56 Å². The SMILES string of the molecule is CNc1ncc([N+](=O)[O-])c(NCCc2ccc(F)cc2)n1. The Morgan fingerprint density at radius 3 is 2.67 bits per heavy atom. The van der Waals surface area contributed by atoms with E-state index in [1.807, 2.05) is 0 Å². The van der Waals surface area contributed by atoms with Gasteiger partial charge in [-0.25, -0.2) is 9.37 Å². The largest absolute Gasteiger partial charge is 0.364 e. The Morgan fingerprint density at radius 2 is 2.05 bits per heavy atom. The highest BCUT2D eigenvalue weighted by Crippen LogP contribution is 2.21. The van der Waals surface area contributed by atoms with Gasteiger partial charge >= 0.3 is 5.69 Å². The lowest BCUT2D eigenvalue weighted by molar-refractivity contribution is -0.384. The molecule has 0 aliphatic carbocycles. The number of nitrogens with one attached hydrogen (secondary N) is 2. The summed E-state index contributed by atoms with van der Waals surface area (Å²) in [5, 5.41) is 16.5. The number of nitro groups is 1. The number of hydrogen-bond donors (Lipinski definition) is 2. The van der Waals surface area contributed by atoms with Gasteiger partial charge in [-0.1, -0.05) is 12.1 Å². The van der Waals surface area contributed by atoms with Crippen LogP contribution in [0.4, 0.5) is 21.8 Å². The zero-order chi connectivity index (χ0) is 15.2. The van der Waals surface area contributed by atoms with E-state index in [2.05, 4.69) is 20.6 Å². The number of benzene rings is 1. The molecule has 2 rings (SSSR count). The summed E-state index contributed by atoms with van der Waals surface area (Å²) in [6, 6.07) is 6.10. The van der Waals surface area contributed by atoms with Crippen molar-refractivity contribution in [1.29, 1.82) is 0 Å². The molecule has 0 aliphatic rings. The average Bonchev–Trinajstić information content (AvgIpc) is 2.49. The van der Waals surface area contributed by atoms with E-state index in [0.717, 1.165) is 11.8 Å². The number of rotatable bonds is 6. The van der Waals surface area contributed by atoms with Gasteiger partial charge in [-0.05, 0) is 24.1 Å². The van der Waals surface area contributed by atoms with Gasteiger partial charge in [0.25, 0.3) is 0 Å². The highest BCUT2D eigenvalue weighted by Gasteiger charge is 2.16. The minimum atomic E-state index is -0.542. The Morgan fingerprint density at radius 1 is 1.33 bits per heavy atom. The molecule has 0 unspecified atom stereocenters. The summed E-state index contributed by atoms with van der Waals surface area (Å²) in [7, 11) is 1.63. The molecular formula is C13H14FN5O2. The molecular weight excluding hydrogens is 277 g/mol. The van der Waals surface area contributed by atoms with Crippen LogP contribution in [0.5, 0.6) is 0 Å². The quantitative estimate of drug-likeness (QED) is 0.626. The topological polar surface area (TPSA) is 93.0 Å². The maximum absolute atomic E-state index is 12.8. The molecule has 2 N–H and O–H groups in total. The number of aromatic nitrogens is 2. The van der Waals surface area contributed by atoms with Crippen LogP contribution in [0, 0.1) is 15.9 Å². The summed E-state index contributed by atoms with van der Waals surface area (Å²) in [4.78, 5) is 18.2. The Hall–Kier alpha value is -2.77. The average molecular weight is 291 g/mol. The second-order valence-corrected chi connectivity index (χ2v) is 4.24. The first kappa shape index (κ1) is 14.6. The molecule has 0 atom stereocenters. The minimum absolute atomic E-state index is 0.154. The van der Waals surface area contributed by atoms with Gasteiger partial charge in [-0.15, -0.1) is 0 Å². The number of anilines is 2. The number of hydrogen-bond acceptors (Lipinski definition) is 6. The van der Waals surface area contributed by atoms with Crippen molar-refractivity contribution in [3.8, 4) is 0 Å². The van der Waals surface area contributed by atoms with Crippen LogP contribution in [-0.4, -0.2) is 28.5 Å². The molecule has 0 saturated heterocycles. The lowest BCUT2D eigenvalue weighted by Gasteiger charge is -2.07. The van der Waals surface area contributed by atoms with Gasteiger partial charge < -0.3 is 10.6 Å². The molecule has 0 bridgehead atoms. The molecule has 0 saturated carbocycles. The van der Waals surface area contributed by atoms with Gasteiger partial charge in [0, 0.05) is 13.6 Å². The van der Waals surface area contributed by atoms with E-state index in [1.165, 1.54) is 12.1 Å². The smallest absolute Gasteiger partial charge is 0.329 e. The summed E-state index contributed by atoms with van der Waals surface area (Å²) in [5.41, 5.74) is 0.738. The summed E-state index contributed by atoms with van der Waals surface area (Å²) >= 11 is 0. The minimum Gasteiger partial charge on any atom is -0.364 e. The highest BCUT2D eigenvalue weighted by molar-refractivity contribution is 5.56. The summed E-state index contributed by atoms with van der Waals surface area (Å²) in [6.45, 7) is 0.437. The van der Waals surface area contributed by atoms with Crippen LogP contribution in [0.2, 0.25) is 0 Å². The normalized spacial score (nSPS) is 10.2. The third-order valence-corrected chi connectivity index (χ3v) is 2.81. The summed E-state index contributed by atoms with van der Waals surface area (Å²) < 4.78 is 12.8. The second kappa shape index (κ2) is 6.60. The third kappa shape index (κ3) is 3.85. The van der Waals surface area contributed by atoms with Crippen LogP contribution in [0.25, 0.3) is 0 Å². The molecule has 1 aromatic carbocycles. The molecule has 0 spiro atoms. The van der Waals surface area contributed by atoms with Gasteiger partial charge in [0.1, 0.15) is 12.0 Å². The zero-order valence-corrected chi connectivity index (χ0v) is 11.3. The van der Waals surface area contributed by atoms with Gasteiger partial charge in [-0.2, -0.15) is 4.98 Å². The fourth-order valence-corrected chi connectivity index (χ4v) is 1.74. The van der Waals surface area contributed by atoms with Crippen molar-refractivity contribution in [1.82, 2.24) is 9.97 Å². The van der Waals surface area contributed by atoms with Gasteiger partial charge in [0.05, 0.1) is 4.92 Å². The van der Waals surface area contributed by atoms with E-state index in [9.17, 15) is 14.5 Å². The van der Waals surface area contributed by atoms with E-state index >= 15 is 0 Å². The first-order valence-electron chi connectivity index (χ1n) is 6.27. The van der Waals surface area contributed by atoms with Crippen molar-refractivity contribution in [2.24, 2.45) is 0 Å². The monoisotopic (exact) mass is 291 g/mol. The van der Waals surface area contributed by atoms with E-state index < -0.39 is 4.92 Å². The van der Waals surface area contributed by atoms with E-state index in [4.69, 9.17) is 0 Å².